The lowest BCUT2D eigenvalue weighted by molar-refractivity contribution is 0.0926. The van der Waals surface area contributed by atoms with Gasteiger partial charge in [0.15, 0.2) is 10.4 Å². The minimum atomic E-state index is -0.403. The molecule has 114 valence electrons. The Hall–Kier alpha value is -2.66. The quantitative estimate of drug-likeness (QED) is 0.553. The number of nitrogens with one attached hydrogen (secondary N) is 1. The summed E-state index contributed by atoms with van der Waals surface area (Å²) in [7, 11) is 0. The van der Waals surface area contributed by atoms with Gasteiger partial charge in [0.25, 0.3) is 0 Å². The summed E-state index contributed by atoms with van der Waals surface area (Å²) in [6.07, 6.45) is 0. The van der Waals surface area contributed by atoms with Crippen molar-refractivity contribution >= 4 is 27.5 Å². The summed E-state index contributed by atoms with van der Waals surface area (Å²) in [5.41, 5.74) is 5.06. The molecule has 3 rings (SSSR count). The SMILES string of the molecule is O=C(NN=C(c1ccccc1)c1ccccc1)c1ccc(Br)o1. The maximum atomic E-state index is 12.1. The monoisotopic (exact) mass is 368 g/mol. The summed E-state index contributed by atoms with van der Waals surface area (Å²) in [6.45, 7) is 0. The van der Waals surface area contributed by atoms with Crippen LogP contribution < -0.4 is 5.43 Å². The van der Waals surface area contributed by atoms with E-state index < -0.39 is 5.91 Å². The number of amides is 1. The van der Waals surface area contributed by atoms with Crippen molar-refractivity contribution < 1.29 is 9.21 Å². The fourth-order valence-electron chi connectivity index (χ4n) is 2.09. The molecule has 1 aromatic heterocycles. The number of nitrogens with zero attached hydrogens (tertiary/aromatic N) is 1. The first kappa shape index (κ1) is 15.2. The van der Waals surface area contributed by atoms with E-state index in [9.17, 15) is 4.79 Å². The zero-order valence-electron chi connectivity index (χ0n) is 12.1. The molecule has 1 heterocycles. The van der Waals surface area contributed by atoms with E-state index in [1.807, 2.05) is 60.7 Å². The third kappa shape index (κ3) is 3.76. The van der Waals surface area contributed by atoms with Crippen molar-refractivity contribution in [1.29, 1.82) is 0 Å². The zero-order chi connectivity index (χ0) is 16.1. The standard InChI is InChI=1S/C18H13BrN2O2/c19-16-12-11-15(23-16)18(22)21-20-17(13-7-3-1-4-8-13)14-9-5-2-6-10-14/h1-12H,(H,21,22). The average Bonchev–Trinajstić information content (AvgIpc) is 3.03. The van der Waals surface area contributed by atoms with Crippen molar-refractivity contribution in [3.8, 4) is 0 Å². The van der Waals surface area contributed by atoms with Crippen molar-refractivity contribution in [2.45, 2.75) is 0 Å². The van der Waals surface area contributed by atoms with Crippen molar-refractivity contribution in [2.75, 3.05) is 0 Å². The summed E-state index contributed by atoms with van der Waals surface area (Å²) in [5, 5.41) is 4.29. The van der Waals surface area contributed by atoms with E-state index in [-0.39, 0.29) is 5.76 Å². The van der Waals surface area contributed by atoms with Crippen LogP contribution in [0.25, 0.3) is 0 Å². The first-order chi connectivity index (χ1) is 11.2. The summed E-state index contributed by atoms with van der Waals surface area (Å²) < 4.78 is 5.72. The van der Waals surface area contributed by atoms with E-state index >= 15 is 0 Å². The molecule has 5 heteroatoms. The molecule has 3 aromatic rings. The molecule has 0 saturated carbocycles. The Bertz CT molecular complexity index is 785. The molecule has 4 nitrogen and oxygen atoms in total. The molecule has 0 aliphatic rings. The van der Waals surface area contributed by atoms with Crippen LogP contribution in [0.4, 0.5) is 0 Å². The molecular weight excluding hydrogens is 356 g/mol. The molecule has 0 radical (unpaired) electrons. The van der Waals surface area contributed by atoms with Gasteiger partial charge in [0.2, 0.25) is 0 Å². The normalized spacial score (nSPS) is 10.1. The average molecular weight is 369 g/mol. The molecule has 0 spiro atoms. The van der Waals surface area contributed by atoms with Gasteiger partial charge in [-0.25, -0.2) is 5.43 Å². The number of hydrogen-bond donors (Lipinski definition) is 1. The Morgan fingerprint density at radius 3 is 1.91 bits per heavy atom. The second kappa shape index (κ2) is 7.07. The highest BCUT2D eigenvalue weighted by Crippen LogP contribution is 2.14. The highest BCUT2D eigenvalue weighted by molar-refractivity contribution is 9.10. The second-order valence-corrected chi connectivity index (χ2v) is 5.52. The zero-order valence-corrected chi connectivity index (χ0v) is 13.7. The summed E-state index contributed by atoms with van der Waals surface area (Å²) in [6, 6.07) is 22.6. The molecule has 0 aliphatic heterocycles. The molecule has 1 N–H and O–H groups in total. The van der Waals surface area contributed by atoms with Gasteiger partial charge in [-0.05, 0) is 28.1 Å². The summed E-state index contributed by atoms with van der Waals surface area (Å²) >= 11 is 3.17. The Kier molecular flexibility index (Phi) is 4.68. The van der Waals surface area contributed by atoms with Gasteiger partial charge < -0.3 is 4.42 Å². The molecule has 0 atom stereocenters. The van der Waals surface area contributed by atoms with E-state index in [4.69, 9.17) is 4.42 Å². The van der Waals surface area contributed by atoms with Gasteiger partial charge in [-0.15, -0.1) is 0 Å². The van der Waals surface area contributed by atoms with E-state index in [1.54, 1.807) is 12.1 Å². The molecule has 0 unspecified atom stereocenters. The van der Waals surface area contributed by atoms with E-state index in [1.165, 1.54) is 0 Å². The largest absolute Gasteiger partial charge is 0.444 e. The van der Waals surface area contributed by atoms with Crippen LogP contribution in [0.15, 0.2) is 87.0 Å². The van der Waals surface area contributed by atoms with Crippen LogP contribution in [-0.4, -0.2) is 11.6 Å². The maximum absolute atomic E-state index is 12.1. The van der Waals surface area contributed by atoms with Gasteiger partial charge in [0.1, 0.15) is 0 Å². The van der Waals surface area contributed by atoms with Crippen molar-refractivity contribution in [3.63, 3.8) is 0 Å². The second-order valence-electron chi connectivity index (χ2n) is 4.74. The number of carbonyl (C=O) groups is 1. The molecule has 2 aromatic carbocycles. The number of carbonyl (C=O) groups excluding carboxylic acids is 1. The van der Waals surface area contributed by atoms with Gasteiger partial charge in [0, 0.05) is 11.1 Å². The maximum Gasteiger partial charge on any atom is 0.307 e. The molecule has 0 aliphatic carbocycles. The lowest BCUT2D eigenvalue weighted by Gasteiger charge is -2.07. The third-order valence-electron chi connectivity index (χ3n) is 3.16. The topological polar surface area (TPSA) is 54.6 Å². The van der Waals surface area contributed by atoms with Crippen LogP contribution in [0.2, 0.25) is 0 Å². The van der Waals surface area contributed by atoms with E-state index in [0.717, 1.165) is 11.1 Å². The Balaban J connectivity index is 1.91. The van der Waals surface area contributed by atoms with Crippen LogP contribution >= 0.6 is 15.9 Å². The number of hydrazone groups is 1. The molecule has 23 heavy (non-hydrogen) atoms. The first-order valence-corrected chi connectivity index (χ1v) is 7.77. The summed E-state index contributed by atoms with van der Waals surface area (Å²) in [5.74, 6) is -0.207. The van der Waals surface area contributed by atoms with Crippen LogP contribution in [0.5, 0.6) is 0 Å². The van der Waals surface area contributed by atoms with Crippen LogP contribution in [0.1, 0.15) is 21.7 Å². The highest BCUT2D eigenvalue weighted by atomic mass is 79.9. The Morgan fingerprint density at radius 2 is 1.43 bits per heavy atom. The number of furan rings is 1. The first-order valence-electron chi connectivity index (χ1n) is 6.98. The van der Waals surface area contributed by atoms with Crippen molar-refractivity contribution in [1.82, 2.24) is 5.43 Å². The minimum Gasteiger partial charge on any atom is -0.444 e. The predicted octanol–water partition coefficient (Wildman–Crippen LogP) is 4.22. The Morgan fingerprint density at radius 1 is 0.870 bits per heavy atom. The van der Waals surface area contributed by atoms with E-state index in [2.05, 4.69) is 26.5 Å². The number of halogens is 1. The fourth-order valence-corrected chi connectivity index (χ4v) is 2.39. The van der Waals surface area contributed by atoms with Crippen molar-refractivity contribution in [2.24, 2.45) is 5.10 Å². The number of hydrogen-bond acceptors (Lipinski definition) is 3. The molecule has 1 amide bonds. The fraction of sp³-hybridized carbons (Fsp3) is 0. The number of benzene rings is 2. The number of rotatable bonds is 4. The highest BCUT2D eigenvalue weighted by Gasteiger charge is 2.11. The van der Waals surface area contributed by atoms with Crippen molar-refractivity contribution in [3.05, 3.63) is 94.4 Å². The van der Waals surface area contributed by atoms with Crippen LogP contribution in [0.3, 0.4) is 0 Å². The molecular formula is C18H13BrN2O2. The van der Waals surface area contributed by atoms with Crippen LogP contribution in [0, 0.1) is 0 Å². The van der Waals surface area contributed by atoms with Gasteiger partial charge in [0.05, 0.1) is 5.71 Å². The van der Waals surface area contributed by atoms with Gasteiger partial charge in [-0.1, -0.05) is 60.7 Å². The van der Waals surface area contributed by atoms with Gasteiger partial charge >= 0.3 is 5.91 Å². The predicted molar refractivity (Wildman–Crippen MR) is 92.4 cm³/mol. The van der Waals surface area contributed by atoms with Crippen LogP contribution in [-0.2, 0) is 0 Å². The third-order valence-corrected chi connectivity index (χ3v) is 3.59. The molecule has 0 fully saturated rings. The molecule has 0 saturated heterocycles. The van der Waals surface area contributed by atoms with E-state index in [0.29, 0.717) is 10.4 Å². The van der Waals surface area contributed by atoms with Gasteiger partial charge in [-0.3, -0.25) is 4.79 Å². The lowest BCUT2D eigenvalue weighted by atomic mass is 10.0. The Labute approximate surface area is 142 Å². The minimum absolute atomic E-state index is 0.195. The summed E-state index contributed by atoms with van der Waals surface area (Å²) in [4.78, 5) is 12.1. The lowest BCUT2D eigenvalue weighted by Crippen LogP contribution is -2.20. The molecule has 0 bridgehead atoms. The smallest absolute Gasteiger partial charge is 0.307 e. The van der Waals surface area contributed by atoms with Gasteiger partial charge in [-0.2, -0.15) is 5.10 Å².